The average Bonchev–Trinajstić information content (AvgIpc) is 2.60. The maximum absolute atomic E-state index is 11.9. The van der Waals surface area contributed by atoms with E-state index in [-0.39, 0.29) is 12.5 Å². The Hall–Kier alpha value is -2.05. The fourth-order valence-corrected chi connectivity index (χ4v) is 1.94. The van der Waals surface area contributed by atoms with Crippen molar-refractivity contribution in [3.05, 3.63) is 17.0 Å². The molecule has 7 nitrogen and oxygen atoms in total. The number of aromatic nitrogens is 2. The van der Waals surface area contributed by atoms with Crippen LogP contribution in [0.25, 0.3) is 0 Å². The topological polar surface area (TPSA) is 87.5 Å². The Morgan fingerprint density at radius 3 is 2.55 bits per heavy atom. The highest BCUT2D eigenvalue weighted by molar-refractivity contribution is 5.74. The summed E-state index contributed by atoms with van der Waals surface area (Å²) in [6.07, 6.45) is 0.517. The molecule has 20 heavy (non-hydrogen) atoms. The van der Waals surface area contributed by atoms with Crippen LogP contribution in [0.15, 0.2) is 0 Å². The third-order valence-corrected chi connectivity index (χ3v) is 3.31. The maximum Gasteiger partial charge on any atom is 0.317 e. The van der Waals surface area contributed by atoms with E-state index in [1.165, 1.54) is 4.90 Å². The molecular formula is C13H22N4O3. The largest absolute Gasteiger partial charge is 0.481 e. The van der Waals surface area contributed by atoms with Crippen LogP contribution in [-0.4, -0.2) is 45.4 Å². The van der Waals surface area contributed by atoms with Gasteiger partial charge in [0, 0.05) is 44.9 Å². The number of rotatable bonds is 6. The highest BCUT2D eigenvalue weighted by Crippen LogP contribution is 2.11. The lowest BCUT2D eigenvalue weighted by Crippen LogP contribution is -2.37. The van der Waals surface area contributed by atoms with E-state index >= 15 is 0 Å². The summed E-state index contributed by atoms with van der Waals surface area (Å²) in [6.45, 7) is 4.71. The number of nitrogens with zero attached hydrogens (tertiary/aromatic N) is 3. The Balaban J connectivity index is 2.44. The number of aryl methyl sites for hydroxylation is 2. The number of hydrogen-bond acceptors (Lipinski definition) is 3. The number of amides is 2. The molecule has 0 unspecified atom stereocenters. The first-order valence-electron chi connectivity index (χ1n) is 6.52. The Bertz CT molecular complexity index is 496. The monoisotopic (exact) mass is 282 g/mol. The van der Waals surface area contributed by atoms with Crippen molar-refractivity contribution < 1.29 is 14.7 Å². The SMILES string of the molecule is Cc1nn(C)c(C)c1CNC(=O)N(C)CCCC(=O)O. The molecule has 1 rings (SSSR count). The Labute approximate surface area is 118 Å². The molecule has 0 aliphatic carbocycles. The molecular weight excluding hydrogens is 260 g/mol. The first-order chi connectivity index (χ1) is 9.32. The lowest BCUT2D eigenvalue weighted by Gasteiger charge is -2.17. The van der Waals surface area contributed by atoms with Crippen molar-refractivity contribution >= 4 is 12.0 Å². The van der Waals surface area contributed by atoms with Crippen molar-refractivity contribution in [2.24, 2.45) is 7.05 Å². The van der Waals surface area contributed by atoms with Crippen LogP contribution in [0.3, 0.4) is 0 Å². The van der Waals surface area contributed by atoms with Crippen LogP contribution in [-0.2, 0) is 18.4 Å². The van der Waals surface area contributed by atoms with Crippen LogP contribution >= 0.6 is 0 Å². The number of carboxylic acid groups (broad SMARTS) is 1. The van der Waals surface area contributed by atoms with Crippen LogP contribution in [0.4, 0.5) is 4.79 Å². The molecule has 0 fully saturated rings. The Morgan fingerprint density at radius 1 is 1.40 bits per heavy atom. The molecule has 0 aliphatic heterocycles. The van der Waals surface area contributed by atoms with Gasteiger partial charge in [-0.25, -0.2) is 4.79 Å². The van der Waals surface area contributed by atoms with Crippen LogP contribution in [0.5, 0.6) is 0 Å². The van der Waals surface area contributed by atoms with E-state index in [2.05, 4.69) is 10.4 Å². The minimum atomic E-state index is -0.847. The Kier molecular flexibility index (Phi) is 5.54. The fraction of sp³-hybridized carbons (Fsp3) is 0.615. The van der Waals surface area contributed by atoms with Crippen LogP contribution in [0, 0.1) is 13.8 Å². The van der Waals surface area contributed by atoms with Gasteiger partial charge in [0.25, 0.3) is 0 Å². The minimum Gasteiger partial charge on any atom is -0.481 e. The zero-order valence-electron chi connectivity index (χ0n) is 12.4. The lowest BCUT2D eigenvalue weighted by atomic mass is 10.2. The molecule has 1 aromatic heterocycles. The number of urea groups is 1. The molecule has 1 aromatic rings. The smallest absolute Gasteiger partial charge is 0.317 e. The number of carbonyl (C=O) groups excluding carboxylic acids is 1. The van der Waals surface area contributed by atoms with E-state index in [1.54, 1.807) is 11.7 Å². The number of carboxylic acids is 1. The second kappa shape index (κ2) is 6.93. The molecule has 2 N–H and O–H groups in total. The summed E-state index contributed by atoms with van der Waals surface area (Å²) < 4.78 is 1.79. The lowest BCUT2D eigenvalue weighted by molar-refractivity contribution is -0.137. The number of aliphatic carboxylic acids is 1. The zero-order valence-corrected chi connectivity index (χ0v) is 12.4. The van der Waals surface area contributed by atoms with Gasteiger partial charge in [0.2, 0.25) is 0 Å². The summed E-state index contributed by atoms with van der Waals surface area (Å²) >= 11 is 0. The fourth-order valence-electron chi connectivity index (χ4n) is 1.94. The van der Waals surface area contributed by atoms with Gasteiger partial charge in [-0.3, -0.25) is 9.48 Å². The van der Waals surface area contributed by atoms with Gasteiger partial charge >= 0.3 is 12.0 Å². The van der Waals surface area contributed by atoms with Crippen LogP contribution in [0.1, 0.15) is 29.8 Å². The third kappa shape index (κ3) is 4.25. The average molecular weight is 282 g/mol. The summed E-state index contributed by atoms with van der Waals surface area (Å²) in [5.74, 6) is -0.847. The molecule has 7 heteroatoms. The highest BCUT2D eigenvalue weighted by Gasteiger charge is 2.13. The standard InChI is InChI=1S/C13H22N4O3/c1-9-11(10(2)17(4)15-9)8-14-13(20)16(3)7-5-6-12(18)19/h5-8H2,1-4H3,(H,14,20)(H,18,19). The molecule has 0 aromatic carbocycles. The molecule has 0 radical (unpaired) electrons. The van der Waals surface area contributed by atoms with Crippen molar-refractivity contribution in [2.45, 2.75) is 33.2 Å². The van der Waals surface area contributed by atoms with Gasteiger partial charge in [0.1, 0.15) is 0 Å². The summed E-state index contributed by atoms with van der Waals surface area (Å²) in [5, 5.41) is 15.7. The number of carbonyl (C=O) groups is 2. The van der Waals surface area contributed by atoms with Gasteiger partial charge in [-0.05, 0) is 20.3 Å². The molecule has 0 atom stereocenters. The normalized spacial score (nSPS) is 10.4. The summed E-state index contributed by atoms with van der Waals surface area (Å²) in [6, 6.07) is -0.210. The van der Waals surface area contributed by atoms with E-state index in [9.17, 15) is 9.59 Å². The van der Waals surface area contributed by atoms with Gasteiger partial charge in [-0.15, -0.1) is 0 Å². The van der Waals surface area contributed by atoms with Crippen molar-refractivity contribution in [3.63, 3.8) is 0 Å². The number of nitrogens with one attached hydrogen (secondary N) is 1. The first kappa shape index (κ1) is 16.0. The van der Waals surface area contributed by atoms with Crippen molar-refractivity contribution in [3.8, 4) is 0 Å². The highest BCUT2D eigenvalue weighted by atomic mass is 16.4. The predicted octanol–water partition coefficient (Wildman–Crippen LogP) is 1.04. The summed E-state index contributed by atoms with van der Waals surface area (Å²) in [5.41, 5.74) is 2.94. The molecule has 0 bridgehead atoms. The Morgan fingerprint density at radius 2 is 2.05 bits per heavy atom. The molecule has 0 saturated heterocycles. The first-order valence-corrected chi connectivity index (χ1v) is 6.52. The van der Waals surface area contributed by atoms with Gasteiger partial charge in [-0.2, -0.15) is 5.10 Å². The van der Waals surface area contributed by atoms with Gasteiger partial charge < -0.3 is 15.3 Å². The van der Waals surface area contributed by atoms with E-state index < -0.39 is 5.97 Å². The zero-order chi connectivity index (χ0) is 15.3. The second-order valence-corrected chi connectivity index (χ2v) is 4.85. The molecule has 0 spiro atoms. The summed E-state index contributed by atoms with van der Waals surface area (Å²) in [4.78, 5) is 23.8. The minimum absolute atomic E-state index is 0.0679. The summed E-state index contributed by atoms with van der Waals surface area (Å²) in [7, 11) is 3.52. The third-order valence-electron chi connectivity index (χ3n) is 3.31. The van der Waals surface area contributed by atoms with Gasteiger partial charge in [-0.1, -0.05) is 0 Å². The van der Waals surface area contributed by atoms with E-state index in [0.717, 1.165) is 17.0 Å². The van der Waals surface area contributed by atoms with Crippen molar-refractivity contribution in [1.29, 1.82) is 0 Å². The molecule has 0 aliphatic rings. The molecule has 2 amide bonds. The van der Waals surface area contributed by atoms with Crippen LogP contribution < -0.4 is 5.32 Å². The predicted molar refractivity (Wildman–Crippen MR) is 74.4 cm³/mol. The van der Waals surface area contributed by atoms with E-state index in [0.29, 0.717) is 19.5 Å². The van der Waals surface area contributed by atoms with E-state index in [1.807, 2.05) is 20.9 Å². The van der Waals surface area contributed by atoms with Gasteiger partial charge in [0.15, 0.2) is 0 Å². The second-order valence-electron chi connectivity index (χ2n) is 4.85. The van der Waals surface area contributed by atoms with Gasteiger partial charge in [0.05, 0.1) is 5.69 Å². The quantitative estimate of drug-likeness (QED) is 0.816. The molecule has 112 valence electrons. The van der Waals surface area contributed by atoms with Crippen LogP contribution in [0.2, 0.25) is 0 Å². The number of hydrogen-bond donors (Lipinski definition) is 2. The van der Waals surface area contributed by atoms with Crippen molar-refractivity contribution in [1.82, 2.24) is 20.0 Å². The van der Waals surface area contributed by atoms with Crippen molar-refractivity contribution in [2.75, 3.05) is 13.6 Å². The molecule has 0 saturated carbocycles. The molecule has 1 heterocycles. The van der Waals surface area contributed by atoms with E-state index in [4.69, 9.17) is 5.11 Å². The maximum atomic E-state index is 11.9.